The van der Waals surface area contributed by atoms with Gasteiger partial charge in [0.1, 0.15) is 18.2 Å². The highest BCUT2D eigenvalue weighted by molar-refractivity contribution is 5.76. The lowest BCUT2D eigenvalue weighted by Gasteiger charge is -2.43. The van der Waals surface area contributed by atoms with Crippen LogP contribution in [0, 0.1) is 0 Å². The number of carbonyl (C=O) groups excluding carboxylic acids is 4. The van der Waals surface area contributed by atoms with Gasteiger partial charge in [0.2, 0.25) is 0 Å². The molecule has 9 heteroatoms. The number of methoxy groups -OCH3 is 1. The summed E-state index contributed by atoms with van der Waals surface area (Å²) < 4.78 is 20.8. The van der Waals surface area contributed by atoms with Gasteiger partial charge in [0.25, 0.3) is 0 Å². The number of esters is 4. The zero-order valence-electron chi connectivity index (χ0n) is 14.7. The molecule has 2 saturated heterocycles. The number of carbonyl (C=O) groups is 4. The van der Waals surface area contributed by atoms with Crippen LogP contribution >= 0.6 is 0 Å². The maximum absolute atomic E-state index is 12.2. The average molecular weight is 357 g/mol. The number of piperidine rings is 1. The van der Waals surface area contributed by atoms with Crippen LogP contribution in [-0.2, 0) is 38.1 Å². The smallest absolute Gasteiger partial charge is 0.323 e. The van der Waals surface area contributed by atoms with E-state index in [0.717, 1.165) is 0 Å². The van der Waals surface area contributed by atoms with Gasteiger partial charge in [-0.2, -0.15) is 0 Å². The van der Waals surface area contributed by atoms with Gasteiger partial charge in [-0.25, -0.2) is 0 Å². The summed E-state index contributed by atoms with van der Waals surface area (Å²) in [7, 11) is 1.27. The lowest BCUT2D eigenvalue weighted by molar-refractivity contribution is -0.184. The Morgan fingerprint density at radius 2 is 1.48 bits per heavy atom. The van der Waals surface area contributed by atoms with Crippen molar-refractivity contribution >= 4 is 23.9 Å². The first-order valence-corrected chi connectivity index (χ1v) is 8.08. The van der Waals surface area contributed by atoms with E-state index in [9.17, 15) is 19.2 Å². The fourth-order valence-electron chi connectivity index (χ4n) is 3.63. The molecular formula is C16H23NO8. The number of hydrogen-bond donors (Lipinski definition) is 0. The Kier molecular flexibility index (Phi) is 5.99. The van der Waals surface area contributed by atoms with E-state index in [2.05, 4.69) is 0 Å². The van der Waals surface area contributed by atoms with E-state index < -0.39 is 54.3 Å². The molecule has 2 aliphatic heterocycles. The maximum Gasteiger partial charge on any atom is 0.323 e. The normalized spacial score (nSPS) is 31.6. The Bertz CT molecular complexity index is 562. The minimum atomic E-state index is -0.775. The Morgan fingerprint density at radius 3 is 2.00 bits per heavy atom. The van der Waals surface area contributed by atoms with Gasteiger partial charge in [0.15, 0.2) is 6.10 Å². The van der Waals surface area contributed by atoms with Crippen LogP contribution in [0.5, 0.6) is 0 Å². The van der Waals surface area contributed by atoms with Crippen molar-refractivity contribution in [1.82, 2.24) is 4.90 Å². The van der Waals surface area contributed by atoms with E-state index in [4.69, 9.17) is 18.9 Å². The molecule has 2 aliphatic rings. The summed E-state index contributed by atoms with van der Waals surface area (Å²) in [4.78, 5) is 48.2. The second-order valence-electron chi connectivity index (χ2n) is 6.23. The van der Waals surface area contributed by atoms with Crippen LogP contribution in [0.3, 0.4) is 0 Å². The van der Waals surface area contributed by atoms with Crippen LogP contribution in [0.2, 0.25) is 0 Å². The van der Waals surface area contributed by atoms with Crippen molar-refractivity contribution in [3.05, 3.63) is 0 Å². The number of ether oxygens (including phenoxy) is 4. The summed E-state index contributed by atoms with van der Waals surface area (Å²) in [6, 6.07) is -1.10. The van der Waals surface area contributed by atoms with Crippen molar-refractivity contribution in [2.24, 2.45) is 0 Å². The molecule has 2 rings (SSSR count). The zero-order valence-corrected chi connectivity index (χ0v) is 14.7. The largest absolute Gasteiger partial charge is 0.468 e. The number of rotatable bonds is 4. The summed E-state index contributed by atoms with van der Waals surface area (Å²) >= 11 is 0. The SMILES string of the molecule is COC(=O)[C@H]1C[C@H](OC(C)=O)[C@H](OC(C)=O)C2C[C@@H](OC(C)=O)CN21. The molecule has 0 N–H and O–H groups in total. The molecular weight excluding hydrogens is 334 g/mol. The van der Waals surface area contributed by atoms with Gasteiger partial charge in [-0.15, -0.1) is 0 Å². The molecule has 9 nitrogen and oxygen atoms in total. The molecule has 0 amide bonds. The van der Waals surface area contributed by atoms with Gasteiger partial charge in [-0.1, -0.05) is 0 Å². The monoisotopic (exact) mass is 357 g/mol. The van der Waals surface area contributed by atoms with E-state index in [1.807, 2.05) is 0 Å². The van der Waals surface area contributed by atoms with E-state index in [1.54, 1.807) is 4.90 Å². The topological polar surface area (TPSA) is 108 Å². The maximum atomic E-state index is 12.2. The highest BCUT2D eigenvalue weighted by Crippen LogP contribution is 2.36. The number of fused-ring (bicyclic) bond motifs is 1. The fraction of sp³-hybridized carbons (Fsp3) is 0.750. The van der Waals surface area contributed by atoms with Crippen molar-refractivity contribution < 1.29 is 38.1 Å². The van der Waals surface area contributed by atoms with Crippen molar-refractivity contribution in [3.8, 4) is 0 Å². The van der Waals surface area contributed by atoms with Gasteiger partial charge in [0, 0.05) is 40.2 Å². The van der Waals surface area contributed by atoms with Gasteiger partial charge in [-0.3, -0.25) is 24.1 Å². The molecule has 0 spiro atoms. The standard InChI is InChI=1S/C16H23NO8/c1-8(18)23-11-5-12-15(25-10(3)20)14(24-9(2)19)6-13(16(21)22-4)17(12)7-11/h11-15H,5-7H2,1-4H3/t11-,12?,13-,14+,15-/m1/s1. The second-order valence-corrected chi connectivity index (χ2v) is 6.23. The lowest BCUT2D eigenvalue weighted by Crippen LogP contribution is -2.60. The predicted octanol–water partition coefficient (Wildman–Crippen LogP) is -0.199. The predicted molar refractivity (Wildman–Crippen MR) is 82.2 cm³/mol. The van der Waals surface area contributed by atoms with Crippen molar-refractivity contribution in [2.45, 2.75) is 64.0 Å². The molecule has 5 atom stereocenters. The lowest BCUT2D eigenvalue weighted by atomic mass is 9.90. The summed E-state index contributed by atoms with van der Waals surface area (Å²) in [6.45, 7) is 4.13. The number of nitrogens with zero attached hydrogens (tertiary/aromatic N) is 1. The van der Waals surface area contributed by atoms with Gasteiger partial charge >= 0.3 is 23.9 Å². The zero-order chi connectivity index (χ0) is 18.7. The van der Waals surface area contributed by atoms with Crippen molar-refractivity contribution in [2.75, 3.05) is 13.7 Å². The van der Waals surface area contributed by atoms with Crippen molar-refractivity contribution in [1.29, 1.82) is 0 Å². The molecule has 0 radical (unpaired) electrons. The van der Waals surface area contributed by atoms with Crippen LogP contribution in [0.4, 0.5) is 0 Å². The highest BCUT2D eigenvalue weighted by atomic mass is 16.6. The molecule has 0 aromatic heterocycles. The second kappa shape index (κ2) is 7.81. The molecule has 0 bridgehead atoms. The van der Waals surface area contributed by atoms with Gasteiger partial charge in [-0.05, 0) is 0 Å². The van der Waals surface area contributed by atoms with E-state index in [0.29, 0.717) is 13.0 Å². The Hall–Kier alpha value is -2.16. The summed E-state index contributed by atoms with van der Waals surface area (Å²) in [6.07, 6.45) is -1.47. The van der Waals surface area contributed by atoms with E-state index in [-0.39, 0.29) is 6.42 Å². The summed E-state index contributed by atoms with van der Waals surface area (Å²) in [5, 5.41) is 0. The third kappa shape index (κ3) is 4.47. The summed E-state index contributed by atoms with van der Waals surface area (Å²) in [5.41, 5.74) is 0. The minimum Gasteiger partial charge on any atom is -0.468 e. The molecule has 0 aromatic rings. The van der Waals surface area contributed by atoms with Crippen LogP contribution < -0.4 is 0 Å². The quantitative estimate of drug-likeness (QED) is 0.499. The minimum absolute atomic E-state index is 0.132. The molecule has 2 heterocycles. The number of hydrogen-bond acceptors (Lipinski definition) is 9. The van der Waals surface area contributed by atoms with Crippen LogP contribution in [-0.4, -0.2) is 72.8 Å². The molecule has 140 valence electrons. The van der Waals surface area contributed by atoms with Crippen LogP contribution in [0.25, 0.3) is 0 Å². The van der Waals surface area contributed by atoms with Gasteiger partial charge in [0.05, 0.1) is 13.2 Å². The molecule has 25 heavy (non-hydrogen) atoms. The molecule has 0 aliphatic carbocycles. The van der Waals surface area contributed by atoms with E-state index in [1.165, 1.54) is 27.9 Å². The van der Waals surface area contributed by atoms with Gasteiger partial charge < -0.3 is 18.9 Å². The molecule has 2 fully saturated rings. The van der Waals surface area contributed by atoms with Crippen LogP contribution in [0.1, 0.15) is 33.6 Å². The van der Waals surface area contributed by atoms with Crippen LogP contribution in [0.15, 0.2) is 0 Å². The average Bonchev–Trinajstić information content (AvgIpc) is 2.90. The third-order valence-corrected chi connectivity index (χ3v) is 4.37. The first kappa shape index (κ1) is 19.2. The first-order chi connectivity index (χ1) is 11.7. The van der Waals surface area contributed by atoms with E-state index >= 15 is 0 Å². The fourth-order valence-corrected chi connectivity index (χ4v) is 3.63. The molecule has 0 saturated carbocycles. The Labute approximate surface area is 145 Å². The Balaban J connectivity index is 2.30. The highest BCUT2D eigenvalue weighted by Gasteiger charge is 2.53. The Morgan fingerprint density at radius 1 is 0.880 bits per heavy atom. The van der Waals surface area contributed by atoms with Crippen molar-refractivity contribution in [3.63, 3.8) is 0 Å². The summed E-state index contributed by atoms with van der Waals surface area (Å²) in [5.74, 6) is -1.96. The molecule has 0 aromatic carbocycles. The molecule has 1 unspecified atom stereocenters. The first-order valence-electron chi connectivity index (χ1n) is 8.08. The third-order valence-electron chi connectivity index (χ3n) is 4.37.